The second-order valence-electron chi connectivity index (χ2n) is 7.11. The summed E-state index contributed by atoms with van der Waals surface area (Å²) in [6.45, 7) is 9.11. The molecular weight excluding hydrogens is 328 g/mol. The van der Waals surface area contributed by atoms with Crippen molar-refractivity contribution < 1.29 is 4.79 Å². The predicted octanol–water partition coefficient (Wildman–Crippen LogP) is 3.14. The average molecular weight is 352 g/mol. The molecule has 0 amide bonds. The molecule has 136 valence electrons. The Kier molecular flexibility index (Phi) is 5.02. The van der Waals surface area contributed by atoms with Gasteiger partial charge in [0.1, 0.15) is 12.1 Å². The summed E-state index contributed by atoms with van der Waals surface area (Å²) in [5.41, 5.74) is 2.89. The molecule has 26 heavy (non-hydrogen) atoms. The van der Waals surface area contributed by atoms with E-state index in [0.717, 1.165) is 29.0 Å². The third-order valence-corrected chi connectivity index (χ3v) is 4.73. The third kappa shape index (κ3) is 3.45. The molecule has 0 aliphatic heterocycles. The standard InChI is InChI=1S/C20H24N4O2/c1-13(2)9-10-23-14(3)11-17(15(23)4)19(25)12-24-20(26)16-7-5-6-8-18(16)21-22-24/h5-8,11,13H,9-10,12H2,1-4H3. The maximum absolute atomic E-state index is 12.8. The van der Waals surface area contributed by atoms with Crippen LogP contribution in [0.15, 0.2) is 35.1 Å². The Hall–Kier alpha value is -2.76. The summed E-state index contributed by atoms with van der Waals surface area (Å²) in [6.07, 6.45) is 1.06. The van der Waals surface area contributed by atoms with Crippen LogP contribution in [0.25, 0.3) is 10.9 Å². The van der Waals surface area contributed by atoms with Crippen molar-refractivity contribution in [3.63, 3.8) is 0 Å². The number of carbonyl (C=O) groups excluding carboxylic acids is 1. The highest BCUT2D eigenvalue weighted by Gasteiger charge is 2.18. The molecule has 2 aromatic heterocycles. The first-order chi connectivity index (χ1) is 12.4. The summed E-state index contributed by atoms with van der Waals surface area (Å²) < 4.78 is 3.31. The molecule has 0 fully saturated rings. The minimum atomic E-state index is -0.294. The molecule has 0 spiro atoms. The molecule has 0 bridgehead atoms. The molecule has 0 aliphatic rings. The van der Waals surface area contributed by atoms with E-state index in [4.69, 9.17) is 0 Å². The van der Waals surface area contributed by atoms with E-state index in [1.807, 2.05) is 19.9 Å². The van der Waals surface area contributed by atoms with Crippen molar-refractivity contribution in [3.8, 4) is 0 Å². The third-order valence-electron chi connectivity index (χ3n) is 4.73. The van der Waals surface area contributed by atoms with Crippen LogP contribution in [0.5, 0.6) is 0 Å². The number of rotatable bonds is 6. The van der Waals surface area contributed by atoms with Crippen LogP contribution in [0.4, 0.5) is 0 Å². The molecule has 0 saturated carbocycles. The Morgan fingerprint density at radius 2 is 1.92 bits per heavy atom. The van der Waals surface area contributed by atoms with Gasteiger partial charge in [0.25, 0.3) is 5.56 Å². The van der Waals surface area contributed by atoms with Gasteiger partial charge < -0.3 is 4.57 Å². The van der Waals surface area contributed by atoms with Gasteiger partial charge in [0.15, 0.2) is 5.78 Å². The second-order valence-corrected chi connectivity index (χ2v) is 7.11. The van der Waals surface area contributed by atoms with Crippen LogP contribution < -0.4 is 5.56 Å². The Morgan fingerprint density at radius 3 is 2.65 bits per heavy atom. The van der Waals surface area contributed by atoms with Gasteiger partial charge in [-0.3, -0.25) is 9.59 Å². The van der Waals surface area contributed by atoms with Gasteiger partial charge in [0.2, 0.25) is 0 Å². The van der Waals surface area contributed by atoms with E-state index in [-0.39, 0.29) is 17.9 Å². The highest BCUT2D eigenvalue weighted by atomic mass is 16.1. The molecule has 3 rings (SSSR count). The molecule has 0 N–H and O–H groups in total. The zero-order chi connectivity index (χ0) is 18.8. The molecule has 3 aromatic rings. The lowest BCUT2D eigenvalue weighted by molar-refractivity contribution is 0.0964. The molecule has 1 aromatic carbocycles. The van der Waals surface area contributed by atoms with Gasteiger partial charge in [-0.25, -0.2) is 4.68 Å². The molecule has 0 saturated heterocycles. The summed E-state index contributed by atoms with van der Waals surface area (Å²) >= 11 is 0. The largest absolute Gasteiger partial charge is 0.348 e. The van der Waals surface area contributed by atoms with Gasteiger partial charge in [-0.1, -0.05) is 31.2 Å². The summed E-state index contributed by atoms with van der Waals surface area (Å²) in [4.78, 5) is 25.3. The first kappa shape index (κ1) is 18.0. The van der Waals surface area contributed by atoms with Crippen molar-refractivity contribution in [2.45, 2.75) is 47.2 Å². The van der Waals surface area contributed by atoms with Gasteiger partial charge in [-0.2, -0.15) is 0 Å². The van der Waals surface area contributed by atoms with Crippen LogP contribution in [-0.4, -0.2) is 25.3 Å². The van der Waals surface area contributed by atoms with Gasteiger partial charge >= 0.3 is 0 Å². The van der Waals surface area contributed by atoms with Crippen LogP contribution in [0.1, 0.15) is 42.0 Å². The molecular formula is C20H24N4O2. The van der Waals surface area contributed by atoms with Gasteiger partial charge in [-0.15, -0.1) is 5.10 Å². The van der Waals surface area contributed by atoms with Crippen molar-refractivity contribution in [1.29, 1.82) is 0 Å². The highest BCUT2D eigenvalue weighted by molar-refractivity contribution is 5.97. The van der Waals surface area contributed by atoms with Crippen LogP contribution >= 0.6 is 0 Å². The van der Waals surface area contributed by atoms with Gasteiger partial charge in [0, 0.05) is 23.5 Å². The van der Waals surface area contributed by atoms with E-state index >= 15 is 0 Å². The quantitative estimate of drug-likeness (QED) is 0.639. The summed E-state index contributed by atoms with van der Waals surface area (Å²) in [7, 11) is 0. The summed E-state index contributed by atoms with van der Waals surface area (Å²) in [5.74, 6) is 0.474. The number of hydrogen-bond acceptors (Lipinski definition) is 4. The van der Waals surface area contributed by atoms with Gasteiger partial charge in [0.05, 0.1) is 5.39 Å². The van der Waals surface area contributed by atoms with Crippen molar-refractivity contribution in [1.82, 2.24) is 19.6 Å². The molecule has 6 nitrogen and oxygen atoms in total. The number of hydrogen-bond donors (Lipinski definition) is 0. The average Bonchev–Trinajstić information content (AvgIpc) is 2.90. The Bertz CT molecular complexity index is 1010. The lowest BCUT2D eigenvalue weighted by Gasteiger charge is -2.11. The Balaban J connectivity index is 1.88. The number of aryl methyl sites for hydroxylation is 1. The second kappa shape index (κ2) is 7.23. The monoisotopic (exact) mass is 352 g/mol. The van der Waals surface area contributed by atoms with Crippen LogP contribution in [0.2, 0.25) is 0 Å². The molecule has 0 aliphatic carbocycles. The van der Waals surface area contributed by atoms with E-state index in [1.165, 1.54) is 0 Å². The number of Topliss-reactive ketones (excluding diaryl/α,β-unsaturated/α-hetero) is 1. The van der Waals surface area contributed by atoms with Crippen molar-refractivity contribution in [2.75, 3.05) is 0 Å². The molecule has 6 heteroatoms. The summed E-state index contributed by atoms with van der Waals surface area (Å²) in [6, 6.07) is 8.92. The summed E-state index contributed by atoms with van der Waals surface area (Å²) in [5, 5.41) is 8.43. The Labute approximate surface area is 152 Å². The van der Waals surface area contributed by atoms with Crippen LogP contribution in [0.3, 0.4) is 0 Å². The van der Waals surface area contributed by atoms with Crippen molar-refractivity contribution in [3.05, 3.63) is 57.6 Å². The zero-order valence-corrected chi connectivity index (χ0v) is 15.7. The highest BCUT2D eigenvalue weighted by Crippen LogP contribution is 2.18. The molecule has 0 radical (unpaired) electrons. The van der Waals surface area contributed by atoms with Gasteiger partial charge in [-0.05, 0) is 44.4 Å². The van der Waals surface area contributed by atoms with Crippen molar-refractivity contribution >= 4 is 16.7 Å². The number of ketones is 1. The fraction of sp³-hybridized carbons (Fsp3) is 0.400. The number of carbonyl (C=O) groups is 1. The van der Waals surface area contributed by atoms with E-state index in [9.17, 15) is 9.59 Å². The fourth-order valence-corrected chi connectivity index (χ4v) is 3.16. The smallest absolute Gasteiger partial charge is 0.278 e. The lowest BCUT2D eigenvalue weighted by Crippen LogP contribution is -2.28. The topological polar surface area (TPSA) is 69.8 Å². The zero-order valence-electron chi connectivity index (χ0n) is 15.7. The minimum Gasteiger partial charge on any atom is -0.348 e. The maximum Gasteiger partial charge on any atom is 0.278 e. The predicted molar refractivity (Wildman–Crippen MR) is 101 cm³/mol. The SMILES string of the molecule is Cc1cc(C(=O)Cn2nnc3ccccc3c2=O)c(C)n1CCC(C)C. The number of nitrogens with zero attached hydrogens (tertiary/aromatic N) is 4. The molecule has 0 atom stereocenters. The number of benzene rings is 1. The fourth-order valence-electron chi connectivity index (χ4n) is 3.16. The Morgan fingerprint density at radius 1 is 1.19 bits per heavy atom. The molecule has 0 unspecified atom stereocenters. The maximum atomic E-state index is 12.8. The first-order valence-electron chi connectivity index (χ1n) is 8.91. The normalized spacial score (nSPS) is 11.4. The van der Waals surface area contributed by atoms with E-state index in [1.54, 1.807) is 24.3 Å². The molecule has 2 heterocycles. The van der Waals surface area contributed by atoms with E-state index in [0.29, 0.717) is 22.4 Å². The lowest BCUT2D eigenvalue weighted by atomic mass is 10.1. The minimum absolute atomic E-state index is 0.106. The van der Waals surface area contributed by atoms with E-state index in [2.05, 4.69) is 28.7 Å². The number of fused-ring (bicyclic) bond motifs is 1. The first-order valence-corrected chi connectivity index (χ1v) is 8.91. The number of aromatic nitrogens is 4. The van der Waals surface area contributed by atoms with Crippen LogP contribution in [-0.2, 0) is 13.1 Å². The van der Waals surface area contributed by atoms with E-state index < -0.39 is 0 Å². The van der Waals surface area contributed by atoms with Crippen LogP contribution in [0, 0.1) is 19.8 Å². The van der Waals surface area contributed by atoms with Crippen molar-refractivity contribution in [2.24, 2.45) is 5.92 Å².